The molecule has 0 fully saturated rings. The van der Waals surface area contributed by atoms with Crippen LogP contribution in [0, 0.1) is 0 Å². The van der Waals surface area contributed by atoms with Crippen molar-refractivity contribution in [2.45, 2.75) is 45.1 Å². The normalized spacial score (nSPS) is 12.5. The van der Waals surface area contributed by atoms with Crippen LogP contribution in [0.3, 0.4) is 0 Å². The molecule has 19 heavy (non-hydrogen) atoms. The number of aromatic amines is 1. The van der Waals surface area contributed by atoms with Gasteiger partial charge in [-0.3, -0.25) is 9.89 Å². The summed E-state index contributed by atoms with van der Waals surface area (Å²) in [6.07, 6.45) is 0.405. The van der Waals surface area contributed by atoms with Gasteiger partial charge >= 0.3 is 0 Å². The van der Waals surface area contributed by atoms with Crippen molar-refractivity contribution in [3.63, 3.8) is 0 Å². The van der Waals surface area contributed by atoms with Crippen LogP contribution >= 0.6 is 0 Å². The number of rotatable bonds is 5. The van der Waals surface area contributed by atoms with E-state index in [9.17, 15) is 15.0 Å². The van der Waals surface area contributed by atoms with Crippen molar-refractivity contribution in [1.82, 2.24) is 20.5 Å². The Balaban J connectivity index is 2.87. The van der Waals surface area contributed by atoms with Gasteiger partial charge in [-0.05, 0) is 6.42 Å². The van der Waals surface area contributed by atoms with Crippen molar-refractivity contribution in [1.29, 1.82) is 0 Å². The highest BCUT2D eigenvalue weighted by atomic mass is 16.3. The van der Waals surface area contributed by atoms with Crippen molar-refractivity contribution in [3.8, 4) is 0 Å². The molecular formula is C12H22N4O3. The van der Waals surface area contributed by atoms with Gasteiger partial charge < -0.3 is 15.5 Å². The first-order valence-corrected chi connectivity index (χ1v) is 6.25. The van der Waals surface area contributed by atoms with Gasteiger partial charge in [0.05, 0.1) is 18.8 Å². The SMILES string of the molecule is CCC(CO)(CO)NC(=O)c1n[nH]c(C(C)(C)C)n1. The summed E-state index contributed by atoms with van der Waals surface area (Å²) >= 11 is 0. The molecule has 1 rings (SSSR count). The van der Waals surface area contributed by atoms with Crippen LogP contribution in [-0.4, -0.2) is 50.1 Å². The molecule has 108 valence electrons. The number of H-pyrrole nitrogens is 1. The molecule has 0 saturated carbocycles. The number of aliphatic hydroxyl groups is 2. The summed E-state index contributed by atoms with van der Waals surface area (Å²) in [5.74, 6) is 0.0918. The number of nitrogens with one attached hydrogen (secondary N) is 2. The van der Waals surface area contributed by atoms with Crippen molar-refractivity contribution < 1.29 is 15.0 Å². The molecule has 0 aliphatic carbocycles. The Kier molecular flexibility index (Phi) is 4.65. The number of aromatic nitrogens is 3. The lowest BCUT2D eigenvalue weighted by molar-refractivity contribution is 0.0645. The fourth-order valence-electron chi connectivity index (χ4n) is 1.44. The van der Waals surface area contributed by atoms with E-state index < -0.39 is 11.4 Å². The molecule has 1 amide bonds. The van der Waals surface area contributed by atoms with Crippen LogP contribution in [0.4, 0.5) is 0 Å². The van der Waals surface area contributed by atoms with Gasteiger partial charge in [-0.2, -0.15) is 0 Å². The molecule has 0 saturated heterocycles. The van der Waals surface area contributed by atoms with E-state index in [0.717, 1.165) is 0 Å². The smallest absolute Gasteiger partial charge is 0.291 e. The minimum atomic E-state index is -1.04. The zero-order chi connectivity index (χ0) is 14.7. The van der Waals surface area contributed by atoms with E-state index in [-0.39, 0.29) is 24.5 Å². The molecule has 1 aromatic rings. The molecule has 0 radical (unpaired) electrons. The van der Waals surface area contributed by atoms with E-state index in [0.29, 0.717) is 12.2 Å². The number of carbonyl (C=O) groups is 1. The van der Waals surface area contributed by atoms with Crippen molar-refractivity contribution >= 4 is 5.91 Å². The predicted octanol–water partition coefficient (Wildman–Crippen LogP) is -0.0346. The summed E-state index contributed by atoms with van der Waals surface area (Å²) < 4.78 is 0. The van der Waals surface area contributed by atoms with Gasteiger partial charge in [0.2, 0.25) is 5.82 Å². The molecule has 0 aliphatic heterocycles. The Morgan fingerprint density at radius 1 is 1.32 bits per heavy atom. The van der Waals surface area contributed by atoms with E-state index in [1.807, 2.05) is 20.8 Å². The molecule has 0 spiro atoms. The summed E-state index contributed by atoms with van der Waals surface area (Å²) in [5.41, 5.74) is -1.28. The maximum atomic E-state index is 12.0. The fraction of sp³-hybridized carbons (Fsp3) is 0.750. The highest BCUT2D eigenvalue weighted by Crippen LogP contribution is 2.17. The van der Waals surface area contributed by atoms with Gasteiger partial charge in [-0.25, -0.2) is 4.98 Å². The quantitative estimate of drug-likeness (QED) is 0.600. The molecule has 1 heterocycles. The first-order chi connectivity index (χ1) is 8.78. The standard InChI is InChI=1S/C12H22N4O3/c1-5-12(6-17,7-18)14-9(19)8-13-10(16-15-8)11(2,3)4/h17-18H,5-7H2,1-4H3,(H,14,19)(H,13,15,16). The third-order valence-corrected chi connectivity index (χ3v) is 3.06. The summed E-state index contributed by atoms with van der Waals surface area (Å²) in [6.45, 7) is 6.93. The average molecular weight is 270 g/mol. The monoisotopic (exact) mass is 270 g/mol. The minimum absolute atomic E-state index is 0.00431. The second-order valence-electron chi connectivity index (χ2n) is 5.66. The molecule has 7 nitrogen and oxygen atoms in total. The molecule has 0 bridgehead atoms. The lowest BCUT2D eigenvalue weighted by atomic mass is 9.96. The molecular weight excluding hydrogens is 248 g/mol. The predicted molar refractivity (Wildman–Crippen MR) is 69.7 cm³/mol. The van der Waals surface area contributed by atoms with Crippen LogP contribution in [0.2, 0.25) is 0 Å². The number of hydrogen-bond donors (Lipinski definition) is 4. The molecule has 0 aliphatic rings. The van der Waals surface area contributed by atoms with Crippen LogP contribution in [0.1, 0.15) is 50.6 Å². The third kappa shape index (κ3) is 3.51. The highest BCUT2D eigenvalue weighted by molar-refractivity contribution is 5.90. The molecule has 1 aromatic heterocycles. The van der Waals surface area contributed by atoms with Gasteiger partial charge in [-0.1, -0.05) is 27.7 Å². The highest BCUT2D eigenvalue weighted by Gasteiger charge is 2.31. The van der Waals surface area contributed by atoms with Gasteiger partial charge in [-0.15, -0.1) is 5.10 Å². The maximum absolute atomic E-state index is 12.0. The van der Waals surface area contributed by atoms with Gasteiger partial charge in [0.25, 0.3) is 5.91 Å². The summed E-state index contributed by atoms with van der Waals surface area (Å²) in [7, 11) is 0. The van der Waals surface area contributed by atoms with Crippen LogP contribution in [0.5, 0.6) is 0 Å². The minimum Gasteiger partial charge on any atom is -0.394 e. The lowest BCUT2D eigenvalue weighted by Crippen LogP contribution is -2.54. The van der Waals surface area contributed by atoms with Crippen molar-refractivity contribution in [2.24, 2.45) is 0 Å². The average Bonchev–Trinajstić information content (AvgIpc) is 2.85. The summed E-state index contributed by atoms with van der Waals surface area (Å²) in [4.78, 5) is 16.1. The topological polar surface area (TPSA) is 111 Å². The van der Waals surface area contributed by atoms with E-state index >= 15 is 0 Å². The largest absolute Gasteiger partial charge is 0.394 e. The number of nitrogens with zero attached hydrogens (tertiary/aromatic N) is 2. The number of hydrogen-bond acceptors (Lipinski definition) is 5. The van der Waals surface area contributed by atoms with E-state index in [4.69, 9.17) is 0 Å². The molecule has 0 unspecified atom stereocenters. The molecule has 0 atom stereocenters. The van der Waals surface area contributed by atoms with Crippen LogP contribution in [0.15, 0.2) is 0 Å². The van der Waals surface area contributed by atoms with Crippen LogP contribution in [-0.2, 0) is 5.41 Å². The van der Waals surface area contributed by atoms with E-state index in [1.165, 1.54) is 0 Å². The van der Waals surface area contributed by atoms with E-state index in [1.54, 1.807) is 6.92 Å². The van der Waals surface area contributed by atoms with Gasteiger partial charge in [0, 0.05) is 5.41 Å². The first kappa shape index (κ1) is 15.6. The lowest BCUT2D eigenvalue weighted by Gasteiger charge is -2.28. The summed E-state index contributed by atoms with van der Waals surface area (Å²) in [6, 6.07) is 0. The fourth-order valence-corrected chi connectivity index (χ4v) is 1.44. The van der Waals surface area contributed by atoms with Crippen LogP contribution in [0.25, 0.3) is 0 Å². The zero-order valence-electron chi connectivity index (χ0n) is 11.8. The van der Waals surface area contributed by atoms with Crippen molar-refractivity contribution in [3.05, 3.63) is 11.6 Å². The number of aliphatic hydroxyl groups excluding tert-OH is 2. The Hall–Kier alpha value is -1.47. The maximum Gasteiger partial charge on any atom is 0.291 e. The zero-order valence-corrected chi connectivity index (χ0v) is 11.8. The van der Waals surface area contributed by atoms with Gasteiger partial charge in [0.15, 0.2) is 0 Å². The number of amides is 1. The Labute approximate surface area is 112 Å². The first-order valence-electron chi connectivity index (χ1n) is 6.25. The third-order valence-electron chi connectivity index (χ3n) is 3.06. The summed E-state index contributed by atoms with van der Waals surface area (Å²) in [5, 5.41) is 27.7. The van der Waals surface area contributed by atoms with E-state index in [2.05, 4.69) is 20.5 Å². The second-order valence-corrected chi connectivity index (χ2v) is 5.66. The Morgan fingerprint density at radius 3 is 2.26 bits per heavy atom. The molecule has 4 N–H and O–H groups in total. The molecule has 0 aromatic carbocycles. The Bertz CT molecular complexity index is 424. The second kappa shape index (κ2) is 5.66. The van der Waals surface area contributed by atoms with Crippen LogP contribution < -0.4 is 5.32 Å². The number of carbonyl (C=O) groups excluding carboxylic acids is 1. The van der Waals surface area contributed by atoms with Crippen molar-refractivity contribution in [2.75, 3.05) is 13.2 Å². The Morgan fingerprint density at radius 2 is 1.89 bits per heavy atom. The molecule has 7 heteroatoms. The van der Waals surface area contributed by atoms with Gasteiger partial charge in [0.1, 0.15) is 5.82 Å².